The number of carbonyl (C=O) groups excluding carboxylic acids is 2. The van der Waals surface area contributed by atoms with E-state index in [4.69, 9.17) is 0 Å². The highest BCUT2D eigenvalue weighted by Gasteiger charge is 2.32. The number of hydrogen-bond donors (Lipinski definition) is 3. The normalized spacial score (nSPS) is 17.8. The highest BCUT2D eigenvalue weighted by Crippen LogP contribution is 2.30. The fraction of sp³-hybridized carbons (Fsp3) is 0.600. The van der Waals surface area contributed by atoms with Crippen molar-refractivity contribution in [2.24, 2.45) is 5.92 Å². The molecule has 0 bridgehead atoms. The molecule has 31 heavy (non-hydrogen) atoms. The topological polar surface area (TPSA) is 102 Å². The average molecular weight is 463 g/mol. The SMILES string of the molecule is C=C/C(OC(F)(F)P)=C(\C=C)N1CCC(CNC(=O)C(O)C(O)C(=O)N(C)CC)CC1. The second-order valence-electron chi connectivity index (χ2n) is 7.24. The molecule has 0 aromatic rings. The first-order valence-electron chi connectivity index (χ1n) is 9.93. The van der Waals surface area contributed by atoms with Crippen molar-refractivity contribution in [3.05, 3.63) is 36.8 Å². The van der Waals surface area contributed by atoms with E-state index in [1.54, 1.807) is 6.92 Å². The molecular weight excluding hydrogens is 431 g/mol. The number of nitrogens with zero attached hydrogens (tertiary/aromatic N) is 2. The maximum atomic E-state index is 13.2. The van der Waals surface area contributed by atoms with Crippen LogP contribution in [0.3, 0.4) is 0 Å². The van der Waals surface area contributed by atoms with Crippen molar-refractivity contribution >= 4 is 21.1 Å². The van der Waals surface area contributed by atoms with E-state index in [0.717, 1.165) is 0 Å². The third-order valence-corrected chi connectivity index (χ3v) is 5.19. The Morgan fingerprint density at radius 2 is 1.87 bits per heavy atom. The Morgan fingerprint density at radius 1 is 1.29 bits per heavy atom. The number of likely N-dealkylation sites (tertiary alicyclic amines) is 1. The first-order valence-corrected chi connectivity index (χ1v) is 10.5. The van der Waals surface area contributed by atoms with Crippen LogP contribution in [-0.2, 0) is 14.3 Å². The number of rotatable bonds is 11. The van der Waals surface area contributed by atoms with Crippen LogP contribution in [0.15, 0.2) is 36.8 Å². The molecule has 0 aromatic carbocycles. The molecule has 0 aromatic heterocycles. The summed E-state index contributed by atoms with van der Waals surface area (Å²) < 4.78 is 31.0. The lowest BCUT2D eigenvalue weighted by Gasteiger charge is -2.35. The number of alkyl halides is 2. The minimum atomic E-state index is -3.43. The predicted molar refractivity (Wildman–Crippen MR) is 116 cm³/mol. The largest absolute Gasteiger partial charge is 0.428 e. The van der Waals surface area contributed by atoms with Gasteiger partial charge in [0.15, 0.2) is 12.2 Å². The van der Waals surface area contributed by atoms with Gasteiger partial charge in [-0.05, 0) is 47.1 Å². The summed E-state index contributed by atoms with van der Waals surface area (Å²) in [7, 11) is 2.76. The molecule has 1 aliphatic heterocycles. The van der Waals surface area contributed by atoms with Gasteiger partial charge in [-0.15, -0.1) is 0 Å². The summed E-state index contributed by atoms with van der Waals surface area (Å²) >= 11 is 0. The number of halogens is 2. The molecule has 1 heterocycles. The molecular formula is C20H32F2N3O5P. The molecule has 0 radical (unpaired) electrons. The number of allylic oxidation sites excluding steroid dienone is 2. The van der Waals surface area contributed by atoms with E-state index in [-0.39, 0.29) is 18.2 Å². The van der Waals surface area contributed by atoms with E-state index < -0.39 is 29.9 Å². The number of piperidine rings is 1. The average Bonchev–Trinajstić information content (AvgIpc) is 2.74. The Bertz CT molecular complexity index is 691. The molecule has 176 valence electrons. The molecule has 3 N–H and O–H groups in total. The minimum absolute atomic E-state index is 0.0703. The van der Waals surface area contributed by atoms with Crippen LogP contribution in [0.4, 0.5) is 8.78 Å². The Balaban J connectivity index is 2.61. The summed E-state index contributed by atoms with van der Waals surface area (Å²) in [5, 5.41) is 22.4. The lowest BCUT2D eigenvalue weighted by Crippen LogP contribution is -2.50. The zero-order chi connectivity index (χ0) is 23.8. The van der Waals surface area contributed by atoms with E-state index in [1.807, 2.05) is 4.90 Å². The van der Waals surface area contributed by atoms with E-state index >= 15 is 0 Å². The Labute approximate surface area is 183 Å². The van der Waals surface area contributed by atoms with Gasteiger partial charge in [-0.2, -0.15) is 8.78 Å². The smallest absolute Gasteiger partial charge is 0.408 e. The van der Waals surface area contributed by atoms with Crippen molar-refractivity contribution in [1.29, 1.82) is 0 Å². The fourth-order valence-electron chi connectivity index (χ4n) is 3.12. The molecule has 8 nitrogen and oxygen atoms in total. The highest BCUT2D eigenvalue weighted by molar-refractivity contribution is 7.17. The molecule has 0 aliphatic carbocycles. The van der Waals surface area contributed by atoms with Gasteiger partial charge in [0, 0.05) is 33.2 Å². The quantitative estimate of drug-likeness (QED) is 0.241. The van der Waals surface area contributed by atoms with E-state index in [2.05, 4.69) is 23.2 Å². The van der Waals surface area contributed by atoms with Crippen LogP contribution in [0.1, 0.15) is 19.8 Å². The van der Waals surface area contributed by atoms with E-state index in [1.165, 1.54) is 33.3 Å². The number of amides is 2. The summed E-state index contributed by atoms with van der Waals surface area (Å²) in [4.78, 5) is 27.0. The Morgan fingerprint density at radius 3 is 2.32 bits per heavy atom. The number of aliphatic hydroxyl groups excluding tert-OH is 2. The van der Waals surface area contributed by atoms with Gasteiger partial charge in [-0.25, -0.2) is 0 Å². The van der Waals surface area contributed by atoms with Gasteiger partial charge in [0.05, 0.1) is 5.70 Å². The van der Waals surface area contributed by atoms with Gasteiger partial charge >= 0.3 is 5.85 Å². The van der Waals surface area contributed by atoms with E-state index in [0.29, 0.717) is 38.2 Å². The number of carbonyl (C=O) groups is 2. The van der Waals surface area contributed by atoms with Crippen molar-refractivity contribution in [1.82, 2.24) is 15.1 Å². The highest BCUT2D eigenvalue weighted by atomic mass is 31.0. The number of likely N-dealkylation sites (N-methyl/N-ethyl adjacent to an activating group) is 1. The van der Waals surface area contributed by atoms with Crippen LogP contribution in [0, 0.1) is 5.92 Å². The standard InChI is InChI=1S/C20H32F2N3O5P/c1-5-14(15(6-2)30-20(21,22)31)25-10-8-13(9-11-25)12-23-18(28)16(26)17(27)19(29)24(4)7-3/h5-6,13,16-17,26-27H,1-2,7-12,31H2,3-4H3,(H,23,28)/b15-14-. The van der Waals surface area contributed by atoms with Crippen LogP contribution in [0.2, 0.25) is 0 Å². The van der Waals surface area contributed by atoms with E-state index in [9.17, 15) is 28.6 Å². The molecule has 2 amide bonds. The van der Waals surface area contributed by atoms with Gasteiger partial charge in [-0.1, -0.05) is 13.2 Å². The van der Waals surface area contributed by atoms with Gasteiger partial charge in [0.1, 0.15) is 5.76 Å². The van der Waals surface area contributed by atoms with Crippen molar-refractivity contribution in [3.8, 4) is 0 Å². The van der Waals surface area contributed by atoms with Crippen LogP contribution in [0.5, 0.6) is 0 Å². The summed E-state index contributed by atoms with van der Waals surface area (Å²) in [6.45, 7) is 10.5. The minimum Gasteiger partial charge on any atom is -0.428 e. The molecule has 0 spiro atoms. The molecule has 1 saturated heterocycles. The third-order valence-electron chi connectivity index (χ3n) is 5.07. The molecule has 0 saturated carbocycles. The number of nitrogens with one attached hydrogen (secondary N) is 1. The maximum absolute atomic E-state index is 13.2. The van der Waals surface area contributed by atoms with Crippen LogP contribution < -0.4 is 5.32 Å². The fourth-order valence-corrected chi connectivity index (χ4v) is 3.25. The lowest BCUT2D eigenvalue weighted by atomic mass is 9.96. The van der Waals surface area contributed by atoms with Crippen molar-refractivity contribution in [2.75, 3.05) is 33.2 Å². The summed E-state index contributed by atoms with van der Waals surface area (Å²) in [5.41, 5.74) is 0.400. The molecule has 1 rings (SSSR count). The first-order chi connectivity index (χ1) is 14.4. The second-order valence-corrected chi connectivity index (χ2v) is 7.91. The van der Waals surface area contributed by atoms with Crippen molar-refractivity contribution < 1.29 is 33.3 Å². The Hall–Kier alpha value is -2.03. The summed E-state index contributed by atoms with van der Waals surface area (Å²) in [6.07, 6.45) is 0.199. The first kappa shape index (κ1) is 27.0. The monoisotopic (exact) mass is 463 g/mol. The zero-order valence-corrected chi connectivity index (χ0v) is 19.0. The van der Waals surface area contributed by atoms with Crippen LogP contribution in [-0.4, -0.2) is 83.1 Å². The number of hydrogen-bond acceptors (Lipinski definition) is 6. The predicted octanol–water partition coefficient (Wildman–Crippen LogP) is 1.04. The molecule has 1 fully saturated rings. The second kappa shape index (κ2) is 12.1. The summed E-state index contributed by atoms with van der Waals surface area (Å²) in [6, 6.07) is 0. The van der Waals surface area contributed by atoms with Gasteiger partial charge < -0.3 is 30.1 Å². The summed E-state index contributed by atoms with van der Waals surface area (Å²) in [5.74, 6) is -5.01. The van der Waals surface area contributed by atoms with Crippen LogP contribution in [0.25, 0.3) is 0 Å². The van der Waals surface area contributed by atoms with Gasteiger partial charge in [0.25, 0.3) is 11.8 Å². The lowest BCUT2D eigenvalue weighted by molar-refractivity contribution is -0.152. The Kier molecular flexibility index (Phi) is 10.6. The number of aliphatic hydroxyl groups is 2. The van der Waals surface area contributed by atoms with Crippen molar-refractivity contribution in [2.45, 2.75) is 37.8 Å². The van der Waals surface area contributed by atoms with Gasteiger partial charge in [0.2, 0.25) is 0 Å². The maximum Gasteiger partial charge on any atom is 0.408 e. The molecule has 3 unspecified atom stereocenters. The third kappa shape index (κ3) is 8.20. The molecule has 1 aliphatic rings. The number of ether oxygens (including phenoxy) is 1. The molecule has 11 heteroatoms. The van der Waals surface area contributed by atoms with Gasteiger partial charge in [-0.3, -0.25) is 9.59 Å². The van der Waals surface area contributed by atoms with Crippen LogP contribution >= 0.6 is 9.24 Å². The van der Waals surface area contributed by atoms with Crippen molar-refractivity contribution in [3.63, 3.8) is 0 Å². The molecule has 3 atom stereocenters. The zero-order valence-electron chi connectivity index (χ0n) is 17.9.